The number of carbonyl (C=O) groups excluding carboxylic acids is 3. The molecule has 1 N–H and O–H groups in total. The molecule has 1 saturated carbocycles. The topological polar surface area (TPSA) is 159 Å². The number of nitrogens with zero attached hydrogens (tertiary/aromatic N) is 4. The van der Waals surface area contributed by atoms with Crippen molar-refractivity contribution in [2.24, 2.45) is 0 Å². The van der Waals surface area contributed by atoms with Crippen LogP contribution in [0.2, 0.25) is 0 Å². The second-order valence-electron chi connectivity index (χ2n) is 18.3. The van der Waals surface area contributed by atoms with E-state index in [1.54, 1.807) is 67.0 Å². The smallest absolute Gasteiger partial charge is 0.425 e. The molecule has 0 unspecified atom stereocenters. The van der Waals surface area contributed by atoms with Crippen LogP contribution in [0.4, 0.5) is 33.4 Å². The number of benzene rings is 2. The van der Waals surface area contributed by atoms with Gasteiger partial charge in [0.05, 0.1) is 21.6 Å². The van der Waals surface area contributed by atoms with Gasteiger partial charge in [0.15, 0.2) is 15.7 Å². The Kier molecular flexibility index (Phi) is 13.0. The highest BCUT2D eigenvalue weighted by atomic mass is 32.2. The number of halogens is 3. The van der Waals surface area contributed by atoms with Crippen molar-refractivity contribution in [3.63, 3.8) is 0 Å². The number of nitrogens with one attached hydrogen (secondary N) is 1. The molecular formula is C43H54F3N5O8S. The number of anilines is 1. The first-order chi connectivity index (χ1) is 27.6. The summed E-state index contributed by atoms with van der Waals surface area (Å²) >= 11 is 0. The second-order valence-corrected chi connectivity index (χ2v) is 20.3. The lowest BCUT2D eigenvalue weighted by Crippen LogP contribution is -2.44. The molecule has 0 atom stereocenters. The van der Waals surface area contributed by atoms with Gasteiger partial charge in [-0.3, -0.25) is 4.68 Å². The minimum absolute atomic E-state index is 0.0110. The van der Waals surface area contributed by atoms with Gasteiger partial charge < -0.3 is 19.5 Å². The summed E-state index contributed by atoms with van der Waals surface area (Å²) in [5.41, 5.74) is -2.92. The number of carbonyl (C=O) groups is 3. The zero-order chi connectivity index (χ0) is 44.7. The lowest BCUT2D eigenvalue weighted by molar-refractivity contribution is 0.0425. The van der Waals surface area contributed by atoms with Gasteiger partial charge in [-0.25, -0.2) is 41.0 Å². The van der Waals surface area contributed by atoms with E-state index in [1.807, 2.05) is 13.8 Å². The van der Waals surface area contributed by atoms with E-state index in [9.17, 15) is 27.2 Å². The van der Waals surface area contributed by atoms with Gasteiger partial charge in [0.2, 0.25) is 0 Å². The highest BCUT2D eigenvalue weighted by molar-refractivity contribution is 7.90. The Bertz CT molecular complexity index is 2340. The van der Waals surface area contributed by atoms with Crippen molar-refractivity contribution >= 4 is 44.8 Å². The standard InChI is InChI=1S/C43H54F3N5O8S/c1-24(2)51-36-31(25-12-16-28(17-13-25)48-38(52)57-41(3,4)5)22-47-37(50(39(53)58-42(6,7)8)40(54)59-43(9,10)11)34(36)35(49-51)30-21-32(45)26(20-33(30)46)23-60(55,56)29-18-14-27(44)15-19-29/h14-15,18-22,24-25,28H,12-13,16-17,23H2,1-11H3,(H,48,52). The minimum Gasteiger partial charge on any atom is -0.444 e. The lowest BCUT2D eigenvalue weighted by Gasteiger charge is -2.31. The molecule has 0 saturated heterocycles. The summed E-state index contributed by atoms with van der Waals surface area (Å²) in [5.74, 6) is -4.24. The fourth-order valence-corrected chi connectivity index (χ4v) is 8.25. The SMILES string of the molecule is CC(C)n1nc(-c2cc(F)c(CS(=O)(=O)c3ccc(F)cc3)cc2F)c2c(N(C(=O)OC(C)(C)C)C(=O)OC(C)(C)C)ncc(C3CCC(NC(=O)OC(C)(C)C)CC3)c21. The molecule has 3 amide bonds. The number of imide groups is 1. The van der Waals surface area contributed by atoms with Crippen molar-refractivity contribution in [2.45, 2.75) is 147 Å². The fourth-order valence-electron chi connectivity index (χ4n) is 6.91. The first-order valence-corrected chi connectivity index (χ1v) is 21.4. The third-order valence-corrected chi connectivity index (χ3v) is 11.1. The van der Waals surface area contributed by atoms with Crippen LogP contribution in [0.3, 0.4) is 0 Å². The summed E-state index contributed by atoms with van der Waals surface area (Å²) in [6.45, 7) is 18.6. The van der Waals surface area contributed by atoms with E-state index in [-0.39, 0.29) is 33.8 Å². The maximum atomic E-state index is 16.6. The van der Waals surface area contributed by atoms with E-state index in [1.165, 1.54) is 6.20 Å². The van der Waals surface area contributed by atoms with Crippen molar-refractivity contribution in [1.82, 2.24) is 20.1 Å². The first-order valence-electron chi connectivity index (χ1n) is 19.8. The summed E-state index contributed by atoms with van der Waals surface area (Å²) < 4.78 is 91.0. The van der Waals surface area contributed by atoms with E-state index in [0.29, 0.717) is 41.7 Å². The molecular weight excluding hydrogens is 804 g/mol. The molecule has 1 fully saturated rings. The van der Waals surface area contributed by atoms with Gasteiger partial charge >= 0.3 is 18.3 Å². The molecule has 2 aromatic carbocycles. The monoisotopic (exact) mass is 857 g/mol. The van der Waals surface area contributed by atoms with Gasteiger partial charge in [0.25, 0.3) is 0 Å². The quantitative estimate of drug-likeness (QED) is 0.133. The van der Waals surface area contributed by atoms with Gasteiger partial charge in [-0.15, -0.1) is 0 Å². The van der Waals surface area contributed by atoms with E-state index < -0.39 is 85.3 Å². The Morgan fingerprint density at radius 3 is 1.90 bits per heavy atom. The molecule has 5 rings (SSSR count). The molecule has 2 heterocycles. The van der Waals surface area contributed by atoms with E-state index in [0.717, 1.165) is 36.4 Å². The molecule has 326 valence electrons. The van der Waals surface area contributed by atoms with Gasteiger partial charge in [0.1, 0.15) is 39.9 Å². The summed E-state index contributed by atoms with van der Waals surface area (Å²) in [5, 5.41) is 7.73. The van der Waals surface area contributed by atoms with Crippen molar-refractivity contribution in [2.75, 3.05) is 4.90 Å². The maximum Gasteiger partial charge on any atom is 0.425 e. The third kappa shape index (κ3) is 10.9. The average Bonchev–Trinajstić information content (AvgIpc) is 3.49. The van der Waals surface area contributed by atoms with Crippen LogP contribution in [0.1, 0.15) is 125 Å². The Balaban J connectivity index is 1.71. The number of ether oxygens (including phenoxy) is 3. The summed E-state index contributed by atoms with van der Waals surface area (Å²) in [6.07, 6.45) is 0.969. The predicted molar refractivity (Wildman–Crippen MR) is 220 cm³/mol. The van der Waals surface area contributed by atoms with E-state index >= 15 is 8.78 Å². The lowest BCUT2D eigenvalue weighted by atomic mass is 9.81. The number of sulfone groups is 1. The molecule has 60 heavy (non-hydrogen) atoms. The highest BCUT2D eigenvalue weighted by Crippen LogP contribution is 2.44. The zero-order valence-electron chi connectivity index (χ0n) is 35.9. The highest BCUT2D eigenvalue weighted by Gasteiger charge is 2.39. The number of hydrogen-bond donors (Lipinski definition) is 1. The van der Waals surface area contributed by atoms with Crippen molar-refractivity contribution in [3.8, 4) is 11.3 Å². The maximum absolute atomic E-state index is 16.6. The number of aromatic nitrogens is 3. The number of amides is 3. The average molecular weight is 858 g/mol. The molecule has 0 aliphatic heterocycles. The Labute approximate surface area is 348 Å². The Morgan fingerprint density at radius 2 is 1.38 bits per heavy atom. The van der Waals surface area contributed by atoms with Crippen molar-refractivity contribution in [1.29, 1.82) is 0 Å². The molecule has 13 nitrogen and oxygen atoms in total. The van der Waals surface area contributed by atoms with Crippen LogP contribution in [-0.2, 0) is 29.8 Å². The largest absolute Gasteiger partial charge is 0.444 e. The summed E-state index contributed by atoms with van der Waals surface area (Å²) in [7, 11) is -4.24. The van der Waals surface area contributed by atoms with Crippen molar-refractivity contribution < 1.29 is 50.2 Å². The van der Waals surface area contributed by atoms with Gasteiger partial charge in [0, 0.05) is 29.4 Å². The van der Waals surface area contributed by atoms with Crippen LogP contribution < -0.4 is 10.2 Å². The molecule has 0 radical (unpaired) electrons. The number of rotatable bonds is 8. The molecule has 17 heteroatoms. The normalized spacial score (nSPS) is 16.4. The van der Waals surface area contributed by atoms with Crippen LogP contribution in [0.15, 0.2) is 47.5 Å². The van der Waals surface area contributed by atoms with Crippen LogP contribution in [-0.4, -0.2) is 64.3 Å². The molecule has 1 aliphatic carbocycles. The number of alkyl carbamates (subject to hydrolysis) is 1. The first kappa shape index (κ1) is 45.9. The molecule has 0 bridgehead atoms. The molecule has 1 aliphatic rings. The third-order valence-electron chi connectivity index (χ3n) is 9.38. The Morgan fingerprint density at radius 1 is 0.833 bits per heavy atom. The zero-order valence-corrected chi connectivity index (χ0v) is 36.7. The van der Waals surface area contributed by atoms with Crippen LogP contribution in [0, 0.1) is 17.5 Å². The van der Waals surface area contributed by atoms with Crippen LogP contribution >= 0.6 is 0 Å². The second kappa shape index (κ2) is 17.1. The van der Waals surface area contributed by atoms with Crippen molar-refractivity contribution in [3.05, 3.63) is 71.2 Å². The van der Waals surface area contributed by atoms with Crippen LogP contribution in [0.5, 0.6) is 0 Å². The number of pyridine rings is 1. The molecule has 0 spiro atoms. The van der Waals surface area contributed by atoms with Gasteiger partial charge in [-0.1, -0.05) is 0 Å². The van der Waals surface area contributed by atoms with E-state index in [4.69, 9.17) is 19.3 Å². The summed E-state index contributed by atoms with van der Waals surface area (Å²) in [6, 6.07) is 4.95. The minimum atomic E-state index is -4.24. The number of hydrogen-bond acceptors (Lipinski definition) is 10. The number of fused-ring (bicyclic) bond motifs is 1. The van der Waals surface area contributed by atoms with Gasteiger partial charge in [-0.05, 0) is 150 Å². The van der Waals surface area contributed by atoms with E-state index in [2.05, 4.69) is 10.3 Å². The van der Waals surface area contributed by atoms with Crippen LogP contribution in [0.25, 0.3) is 22.2 Å². The van der Waals surface area contributed by atoms with Gasteiger partial charge in [-0.2, -0.15) is 10.00 Å². The summed E-state index contributed by atoms with van der Waals surface area (Å²) in [4.78, 5) is 45.6. The molecule has 2 aromatic heterocycles. The fraction of sp³-hybridized carbons (Fsp3) is 0.512. The molecule has 4 aromatic rings. The Hall–Kier alpha value is -5.19. The predicted octanol–water partition coefficient (Wildman–Crippen LogP) is 10.3.